The molecule has 42 heavy (non-hydrogen) atoms. The van der Waals surface area contributed by atoms with Crippen molar-refractivity contribution < 1.29 is 26.7 Å². The number of hydrogen-bond donors (Lipinski definition) is 0. The summed E-state index contributed by atoms with van der Waals surface area (Å²) in [6.07, 6.45) is 0.502. The SMILES string of the molecule is Cc1cccc(C(=O)N(C)CCCOc2ccccc2C(C)N(c2cc(F)ccc2F)S(=O)(=O)c2ccc(Cl)cc2)c1. The van der Waals surface area contributed by atoms with Crippen LogP contribution in [0.2, 0.25) is 5.02 Å². The number of nitrogens with zero attached hydrogens (tertiary/aromatic N) is 2. The number of rotatable bonds is 11. The maximum Gasteiger partial charge on any atom is 0.264 e. The van der Waals surface area contributed by atoms with Gasteiger partial charge in [0, 0.05) is 35.8 Å². The molecule has 1 unspecified atom stereocenters. The van der Waals surface area contributed by atoms with E-state index < -0.39 is 33.4 Å². The number of aryl methyl sites for hydroxylation is 1. The number of para-hydroxylation sites is 1. The Morgan fingerprint density at radius 2 is 1.67 bits per heavy atom. The summed E-state index contributed by atoms with van der Waals surface area (Å²) >= 11 is 5.96. The second-order valence-electron chi connectivity index (χ2n) is 9.86. The van der Waals surface area contributed by atoms with Gasteiger partial charge in [0.25, 0.3) is 15.9 Å². The maximum absolute atomic E-state index is 15.1. The van der Waals surface area contributed by atoms with Crippen molar-refractivity contribution in [3.05, 3.63) is 124 Å². The largest absolute Gasteiger partial charge is 0.493 e. The van der Waals surface area contributed by atoms with Crippen molar-refractivity contribution in [2.75, 3.05) is 24.5 Å². The van der Waals surface area contributed by atoms with Crippen LogP contribution in [0.25, 0.3) is 0 Å². The van der Waals surface area contributed by atoms with Crippen molar-refractivity contribution >= 4 is 33.2 Å². The van der Waals surface area contributed by atoms with Crippen molar-refractivity contribution in [3.8, 4) is 5.75 Å². The van der Waals surface area contributed by atoms with Gasteiger partial charge in [-0.25, -0.2) is 17.2 Å². The van der Waals surface area contributed by atoms with Crippen LogP contribution in [0, 0.1) is 18.6 Å². The lowest BCUT2D eigenvalue weighted by atomic mass is 10.1. The Morgan fingerprint density at radius 3 is 2.38 bits per heavy atom. The molecule has 220 valence electrons. The summed E-state index contributed by atoms with van der Waals surface area (Å²) in [5.74, 6) is -1.41. The number of halogens is 3. The molecule has 4 rings (SSSR count). The summed E-state index contributed by atoms with van der Waals surface area (Å²) in [7, 11) is -2.67. The standard InChI is InChI=1S/C32H31ClF2N2O4S/c1-22-8-6-9-24(20-22)32(38)36(3)18-7-19-41-31-11-5-4-10-28(31)23(2)37(30-21-26(34)14-17-29(30)35)42(39,40)27-15-12-25(33)13-16-27/h4-6,8-17,20-21,23H,7,18-19H2,1-3H3. The molecule has 0 aliphatic carbocycles. The van der Waals surface area contributed by atoms with E-state index in [2.05, 4.69) is 0 Å². The molecule has 4 aromatic carbocycles. The maximum atomic E-state index is 15.1. The number of amides is 1. The zero-order chi connectivity index (χ0) is 30.4. The molecule has 0 heterocycles. The third kappa shape index (κ3) is 7.09. The van der Waals surface area contributed by atoms with Crippen LogP contribution in [-0.4, -0.2) is 39.4 Å². The van der Waals surface area contributed by atoms with Crippen LogP contribution in [0.1, 0.15) is 40.9 Å². The number of anilines is 1. The molecule has 0 saturated heterocycles. The van der Waals surface area contributed by atoms with Gasteiger partial charge in [-0.2, -0.15) is 0 Å². The van der Waals surface area contributed by atoms with Crippen molar-refractivity contribution in [2.45, 2.75) is 31.2 Å². The van der Waals surface area contributed by atoms with Crippen molar-refractivity contribution in [1.29, 1.82) is 0 Å². The van der Waals surface area contributed by atoms with Crippen LogP contribution in [0.4, 0.5) is 14.5 Å². The Kier molecular flexibility index (Phi) is 9.85. The van der Waals surface area contributed by atoms with Crippen LogP contribution in [-0.2, 0) is 10.0 Å². The van der Waals surface area contributed by atoms with Gasteiger partial charge in [0.05, 0.1) is 23.2 Å². The van der Waals surface area contributed by atoms with Gasteiger partial charge < -0.3 is 9.64 Å². The summed E-state index contributed by atoms with van der Waals surface area (Å²) < 4.78 is 64.0. The molecular weight excluding hydrogens is 582 g/mol. The topological polar surface area (TPSA) is 66.9 Å². The van der Waals surface area contributed by atoms with E-state index in [4.69, 9.17) is 16.3 Å². The van der Waals surface area contributed by atoms with E-state index in [0.29, 0.717) is 34.9 Å². The summed E-state index contributed by atoms with van der Waals surface area (Å²) in [6.45, 7) is 4.16. The molecule has 0 saturated carbocycles. The average Bonchev–Trinajstić information content (AvgIpc) is 2.97. The highest BCUT2D eigenvalue weighted by molar-refractivity contribution is 7.92. The number of benzene rings is 4. The lowest BCUT2D eigenvalue weighted by Crippen LogP contribution is -2.34. The van der Waals surface area contributed by atoms with Gasteiger partial charge in [0.2, 0.25) is 0 Å². The minimum absolute atomic E-state index is 0.104. The molecule has 0 bridgehead atoms. The monoisotopic (exact) mass is 612 g/mol. The predicted octanol–water partition coefficient (Wildman–Crippen LogP) is 7.42. The van der Waals surface area contributed by atoms with E-state index >= 15 is 4.39 Å². The molecule has 4 aromatic rings. The number of hydrogen-bond acceptors (Lipinski definition) is 4. The fourth-order valence-electron chi connectivity index (χ4n) is 4.59. The lowest BCUT2D eigenvalue weighted by molar-refractivity contribution is 0.0787. The van der Waals surface area contributed by atoms with Crippen LogP contribution >= 0.6 is 11.6 Å². The Bertz CT molecular complexity index is 1670. The van der Waals surface area contributed by atoms with Crippen molar-refractivity contribution in [1.82, 2.24) is 4.90 Å². The van der Waals surface area contributed by atoms with E-state index in [0.717, 1.165) is 28.1 Å². The van der Waals surface area contributed by atoms with Gasteiger partial charge in [0.15, 0.2) is 0 Å². The third-order valence-corrected chi connectivity index (χ3v) is 8.89. The lowest BCUT2D eigenvalue weighted by Gasteiger charge is -2.32. The fraction of sp³-hybridized carbons (Fsp3) is 0.219. The van der Waals surface area contributed by atoms with Crippen LogP contribution < -0.4 is 9.04 Å². The number of carbonyl (C=O) groups excluding carboxylic acids is 1. The Hall–Kier alpha value is -3.95. The Labute approximate surface area is 250 Å². The third-order valence-electron chi connectivity index (χ3n) is 6.74. The molecule has 10 heteroatoms. The van der Waals surface area contributed by atoms with Crippen molar-refractivity contribution in [3.63, 3.8) is 0 Å². The molecule has 0 spiro atoms. The molecule has 6 nitrogen and oxygen atoms in total. The molecule has 1 amide bonds. The summed E-state index contributed by atoms with van der Waals surface area (Å²) in [4.78, 5) is 14.2. The van der Waals surface area contributed by atoms with E-state index in [1.54, 1.807) is 49.2 Å². The fourth-order valence-corrected chi connectivity index (χ4v) is 6.35. The predicted molar refractivity (Wildman–Crippen MR) is 161 cm³/mol. The highest BCUT2D eigenvalue weighted by Crippen LogP contribution is 2.38. The van der Waals surface area contributed by atoms with E-state index in [1.165, 1.54) is 24.3 Å². The quantitative estimate of drug-likeness (QED) is 0.165. The van der Waals surface area contributed by atoms with Gasteiger partial charge in [0.1, 0.15) is 17.4 Å². The first-order chi connectivity index (χ1) is 20.0. The van der Waals surface area contributed by atoms with Gasteiger partial charge >= 0.3 is 0 Å². The first-order valence-corrected chi connectivity index (χ1v) is 15.1. The van der Waals surface area contributed by atoms with E-state index in [9.17, 15) is 17.6 Å². The molecule has 0 aromatic heterocycles. The number of carbonyl (C=O) groups is 1. The van der Waals surface area contributed by atoms with E-state index in [-0.39, 0.29) is 17.4 Å². The highest BCUT2D eigenvalue weighted by Gasteiger charge is 2.34. The van der Waals surface area contributed by atoms with Crippen molar-refractivity contribution in [2.24, 2.45) is 0 Å². The zero-order valence-corrected chi connectivity index (χ0v) is 25.0. The number of ether oxygens (including phenoxy) is 1. The molecular formula is C32H31ClF2N2O4S. The Morgan fingerprint density at radius 1 is 0.952 bits per heavy atom. The van der Waals surface area contributed by atoms with Gasteiger partial charge in [-0.3, -0.25) is 9.10 Å². The minimum Gasteiger partial charge on any atom is -0.493 e. The van der Waals surface area contributed by atoms with Gasteiger partial charge in [-0.05, 0) is 74.9 Å². The van der Waals surface area contributed by atoms with Crippen LogP contribution in [0.15, 0.2) is 95.9 Å². The second kappa shape index (κ2) is 13.4. The first-order valence-electron chi connectivity index (χ1n) is 13.3. The molecule has 1 atom stereocenters. The minimum atomic E-state index is -4.38. The van der Waals surface area contributed by atoms with E-state index in [1.807, 2.05) is 25.1 Å². The average molecular weight is 613 g/mol. The molecule has 0 N–H and O–H groups in total. The highest BCUT2D eigenvalue weighted by atomic mass is 35.5. The normalized spacial score (nSPS) is 12.0. The smallest absolute Gasteiger partial charge is 0.264 e. The molecule has 0 aliphatic heterocycles. The summed E-state index contributed by atoms with van der Waals surface area (Å²) in [5, 5.41) is 0.329. The van der Waals surface area contributed by atoms with Gasteiger partial charge in [-0.1, -0.05) is 47.5 Å². The number of sulfonamides is 1. The Balaban J connectivity index is 1.57. The molecule has 0 radical (unpaired) electrons. The summed E-state index contributed by atoms with van der Waals surface area (Å²) in [5.41, 5.74) is 1.60. The first kappa shape index (κ1) is 31.0. The summed E-state index contributed by atoms with van der Waals surface area (Å²) in [6, 6.07) is 21.3. The van der Waals surface area contributed by atoms with Crippen LogP contribution in [0.5, 0.6) is 5.75 Å². The molecule has 0 fully saturated rings. The molecule has 0 aliphatic rings. The second-order valence-corrected chi connectivity index (χ2v) is 12.1. The van der Waals surface area contributed by atoms with Gasteiger partial charge in [-0.15, -0.1) is 0 Å². The van der Waals surface area contributed by atoms with Crippen LogP contribution in [0.3, 0.4) is 0 Å². The zero-order valence-electron chi connectivity index (χ0n) is 23.4.